The first-order valence-corrected chi connectivity index (χ1v) is 5.04. The maximum atomic E-state index is 8.09. The van der Waals surface area contributed by atoms with Crippen molar-refractivity contribution >= 4 is 43.6 Å². The summed E-state index contributed by atoms with van der Waals surface area (Å²) in [6, 6.07) is 0. The molecule has 8 heavy (non-hydrogen) atoms. The van der Waals surface area contributed by atoms with Gasteiger partial charge in [-0.2, -0.15) is 5.26 Å². The van der Waals surface area contributed by atoms with Gasteiger partial charge in [0.1, 0.15) is 5.40 Å². The van der Waals surface area contributed by atoms with Gasteiger partial charge < -0.3 is 0 Å². The van der Waals surface area contributed by atoms with Crippen LogP contribution < -0.4 is 0 Å². The van der Waals surface area contributed by atoms with E-state index in [1.54, 1.807) is 0 Å². The zero-order valence-corrected chi connectivity index (χ0v) is 8.09. The lowest BCUT2D eigenvalue weighted by molar-refractivity contribution is 1.19. The van der Waals surface area contributed by atoms with Crippen LogP contribution in [-0.2, 0) is 0 Å². The molecule has 0 bridgehead atoms. The summed E-state index contributed by atoms with van der Waals surface area (Å²) in [7, 11) is 0. The number of thiocyanates is 1. The Morgan fingerprint density at radius 1 is 1.75 bits per heavy atom. The number of hydrogen-bond donors (Lipinski definition) is 0. The molecule has 0 aliphatic heterocycles. The van der Waals surface area contributed by atoms with Crippen molar-refractivity contribution < 1.29 is 0 Å². The molecule has 0 N–H and O–H groups in total. The molecule has 0 saturated heterocycles. The van der Waals surface area contributed by atoms with Gasteiger partial charge in [0.15, 0.2) is 0 Å². The Balaban J connectivity index is 3.01. The molecule has 0 amide bonds. The predicted octanol–water partition coefficient (Wildman–Crippen LogP) is 2.36. The molecule has 0 rings (SSSR count). The smallest absolute Gasteiger partial charge is 0.133 e. The molecule has 1 atom stereocenters. The zero-order valence-electron chi connectivity index (χ0n) is 4.10. The Morgan fingerprint density at radius 2 is 2.38 bits per heavy atom. The van der Waals surface area contributed by atoms with Gasteiger partial charge in [0.2, 0.25) is 0 Å². The van der Waals surface area contributed by atoms with Gasteiger partial charge in [-0.25, -0.2) is 0 Å². The topological polar surface area (TPSA) is 23.8 Å². The molecular weight excluding hydrogens is 254 g/mol. The van der Waals surface area contributed by atoms with E-state index in [1.165, 1.54) is 11.8 Å². The number of alkyl halides is 2. The Hall–Kier alpha value is 0.800. The normalized spacial score (nSPS) is 12.6. The quantitative estimate of drug-likeness (QED) is 0.573. The van der Waals surface area contributed by atoms with Crippen molar-refractivity contribution in [3.63, 3.8) is 0 Å². The van der Waals surface area contributed by atoms with E-state index in [2.05, 4.69) is 31.9 Å². The van der Waals surface area contributed by atoms with E-state index in [0.29, 0.717) is 4.83 Å². The molecule has 0 aromatic heterocycles. The monoisotopic (exact) mass is 257 g/mol. The molecular formula is C4H5Br2NS. The van der Waals surface area contributed by atoms with E-state index in [4.69, 9.17) is 5.26 Å². The van der Waals surface area contributed by atoms with E-state index in [-0.39, 0.29) is 0 Å². The summed E-state index contributed by atoms with van der Waals surface area (Å²) in [6.07, 6.45) is 0. The van der Waals surface area contributed by atoms with Crippen LogP contribution in [0, 0.1) is 10.7 Å². The van der Waals surface area contributed by atoms with Crippen molar-refractivity contribution in [2.24, 2.45) is 0 Å². The van der Waals surface area contributed by atoms with Crippen LogP contribution >= 0.6 is 43.6 Å². The van der Waals surface area contributed by atoms with Crippen LogP contribution in [0.4, 0.5) is 0 Å². The van der Waals surface area contributed by atoms with Crippen LogP contribution in [0.2, 0.25) is 0 Å². The summed E-state index contributed by atoms with van der Waals surface area (Å²) in [6.45, 7) is 0. The molecule has 46 valence electrons. The highest BCUT2D eigenvalue weighted by Crippen LogP contribution is 2.10. The summed E-state index contributed by atoms with van der Waals surface area (Å²) in [4.78, 5) is 0.423. The number of halogens is 2. The van der Waals surface area contributed by atoms with Crippen LogP contribution in [0.5, 0.6) is 0 Å². The Bertz CT molecular complexity index is 90.5. The lowest BCUT2D eigenvalue weighted by Crippen LogP contribution is -2.00. The largest absolute Gasteiger partial charge is 0.185 e. The SMILES string of the molecule is N#CSCC(Br)CBr. The molecule has 0 aromatic rings. The molecule has 0 aromatic carbocycles. The number of thioether (sulfide) groups is 1. The van der Waals surface area contributed by atoms with Crippen LogP contribution in [0.25, 0.3) is 0 Å². The molecule has 0 heterocycles. The molecule has 0 radical (unpaired) electrons. The average molecular weight is 259 g/mol. The van der Waals surface area contributed by atoms with E-state index < -0.39 is 0 Å². The van der Waals surface area contributed by atoms with Crippen molar-refractivity contribution in [2.45, 2.75) is 4.83 Å². The van der Waals surface area contributed by atoms with Crippen LogP contribution in [0.15, 0.2) is 0 Å². The summed E-state index contributed by atoms with van der Waals surface area (Å²) < 4.78 is 0. The van der Waals surface area contributed by atoms with E-state index >= 15 is 0 Å². The van der Waals surface area contributed by atoms with Gasteiger partial charge in [-0.15, -0.1) is 0 Å². The van der Waals surface area contributed by atoms with Crippen LogP contribution in [0.1, 0.15) is 0 Å². The second-order valence-corrected chi connectivity index (χ2v) is 3.90. The summed E-state index contributed by atoms with van der Waals surface area (Å²) >= 11 is 7.90. The third kappa shape index (κ3) is 4.95. The summed E-state index contributed by atoms with van der Waals surface area (Å²) in [5, 5.41) is 11.0. The fraction of sp³-hybridized carbons (Fsp3) is 0.750. The molecule has 0 fully saturated rings. The number of nitrogens with zero attached hydrogens (tertiary/aromatic N) is 1. The van der Waals surface area contributed by atoms with E-state index in [0.717, 1.165) is 11.1 Å². The minimum Gasteiger partial charge on any atom is -0.185 e. The first kappa shape index (κ1) is 8.80. The Morgan fingerprint density at radius 3 is 2.75 bits per heavy atom. The standard InChI is InChI=1S/C4H5Br2NS/c5-1-4(6)2-8-3-7/h4H,1-2H2. The first-order chi connectivity index (χ1) is 3.81. The third-order valence-corrected chi connectivity index (χ3v) is 3.92. The fourth-order valence-corrected chi connectivity index (χ4v) is 1.47. The summed E-state index contributed by atoms with van der Waals surface area (Å²) in [5.74, 6) is 0.849. The maximum absolute atomic E-state index is 8.09. The Kier molecular flexibility index (Phi) is 6.52. The van der Waals surface area contributed by atoms with Crippen LogP contribution in [0.3, 0.4) is 0 Å². The minimum atomic E-state index is 0.423. The Labute approximate surface area is 70.1 Å². The highest BCUT2D eigenvalue weighted by atomic mass is 79.9. The lowest BCUT2D eigenvalue weighted by atomic mass is 10.6. The van der Waals surface area contributed by atoms with Gasteiger partial charge in [0.25, 0.3) is 0 Å². The maximum Gasteiger partial charge on any atom is 0.133 e. The number of nitriles is 1. The first-order valence-electron chi connectivity index (χ1n) is 2.02. The number of rotatable bonds is 3. The molecule has 0 aliphatic rings. The predicted molar refractivity (Wildman–Crippen MR) is 44.6 cm³/mol. The fourth-order valence-electron chi connectivity index (χ4n) is 0.172. The molecule has 4 heteroatoms. The molecule has 1 unspecified atom stereocenters. The lowest BCUT2D eigenvalue weighted by Gasteiger charge is -1.97. The van der Waals surface area contributed by atoms with Crippen molar-refractivity contribution in [3.8, 4) is 5.40 Å². The average Bonchev–Trinajstić information content (AvgIpc) is 1.83. The van der Waals surface area contributed by atoms with Crippen molar-refractivity contribution in [2.75, 3.05) is 11.1 Å². The highest BCUT2D eigenvalue weighted by molar-refractivity contribution is 9.12. The highest BCUT2D eigenvalue weighted by Gasteiger charge is 1.99. The van der Waals surface area contributed by atoms with Gasteiger partial charge in [0, 0.05) is 15.9 Å². The second-order valence-electron chi connectivity index (χ2n) is 1.15. The second kappa shape index (κ2) is 5.93. The molecule has 0 aliphatic carbocycles. The van der Waals surface area contributed by atoms with E-state index in [9.17, 15) is 0 Å². The molecule has 0 saturated carbocycles. The number of hydrogen-bond acceptors (Lipinski definition) is 2. The van der Waals surface area contributed by atoms with Gasteiger partial charge >= 0.3 is 0 Å². The minimum absolute atomic E-state index is 0.423. The summed E-state index contributed by atoms with van der Waals surface area (Å²) in [5.41, 5.74) is 0. The van der Waals surface area contributed by atoms with Gasteiger partial charge in [0.05, 0.1) is 0 Å². The van der Waals surface area contributed by atoms with Gasteiger partial charge in [-0.1, -0.05) is 31.9 Å². The van der Waals surface area contributed by atoms with Gasteiger partial charge in [-0.05, 0) is 11.8 Å². The van der Waals surface area contributed by atoms with Crippen molar-refractivity contribution in [1.29, 1.82) is 5.26 Å². The van der Waals surface area contributed by atoms with Gasteiger partial charge in [-0.3, -0.25) is 0 Å². The third-order valence-electron chi connectivity index (χ3n) is 0.496. The zero-order chi connectivity index (χ0) is 6.41. The molecule has 1 nitrogen and oxygen atoms in total. The van der Waals surface area contributed by atoms with E-state index in [1.807, 2.05) is 5.40 Å². The van der Waals surface area contributed by atoms with Crippen LogP contribution in [-0.4, -0.2) is 15.9 Å². The van der Waals surface area contributed by atoms with Crippen molar-refractivity contribution in [1.82, 2.24) is 0 Å². The molecule has 0 spiro atoms. The van der Waals surface area contributed by atoms with Crippen molar-refractivity contribution in [3.05, 3.63) is 0 Å².